The molecule has 0 spiro atoms. The lowest BCUT2D eigenvalue weighted by Crippen LogP contribution is -2.08. The molecule has 4 heteroatoms. The SMILES string of the molecule is Clc1cnn(CCOc2ccccc2)c1. The number of nitrogens with zero attached hydrogens (tertiary/aromatic N) is 2. The number of aromatic nitrogens is 2. The predicted octanol–water partition coefficient (Wildman–Crippen LogP) is 2.62. The van der Waals surface area contributed by atoms with Gasteiger partial charge in [-0.15, -0.1) is 0 Å². The fourth-order valence-electron chi connectivity index (χ4n) is 1.23. The van der Waals surface area contributed by atoms with Crippen molar-refractivity contribution in [1.29, 1.82) is 0 Å². The molecule has 0 aliphatic heterocycles. The third-order valence-electron chi connectivity index (χ3n) is 1.93. The summed E-state index contributed by atoms with van der Waals surface area (Å²) in [6, 6.07) is 9.70. The molecule has 0 radical (unpaired) electrons. The highest BCUT2D eigenvalue weighted by molar-refractivity contribution is 6.30. The highest BCUT2D eigenvalue weighted by Gasteiger charge is 1.96. The van der Waals surface area contributed by atoms with E-state index in [2.05, 4.69) is 5.10 Å². The smallest absolute Gasteiger partial charge is 0.119 e. The second-order valence-electron chi connectivity index (χ2n) is 3.08. The summed E-state index contributed by atoms with van der Waals surface area (Å²) in [4.78, 5) is 0. The molecule has 0 aliphatic carbocycles. The zero-order valence-electron chi connectivity index (χ0n) is 8.14. The van der Waals surface area contributed by atoms with Gasteiger partial charge >= 0.3 is 0 Å². The molecule has 1 aromatic carbocycles. The largest absolute Gasteiger partial charge is 0.492 e. The second-order valence-corrected chi connectivity index (χ2v) is 3.52. The van der Waals surface area contributed by atoms with Crippen molar-refractivity contribution >= 4 is 11.6 Å². The lowest BCUT2D eigenvalue weighted by Gasteiger charge is -2.05. The summed E-state index contributed by atoms with van der Waals surface area (Å²) in [5.74, 6) is 0.871. The van der Waals surface area contributed by atoms with Crippen LogP contribution in [0, 0.1) is 0 Å². The van der Waals surface area contributed by atoms with Gasteiger partial charge in [0.15, 0.2) is 0 Å². The molecule has 0 saturated heterocycles. The highest BCUT2D eigenvalue weighted by Crippen LogP contribution is 2.08. The first-order valence-electron chi connectivity index (χ1n) is 4.70. The Morgan fingerprint density at radius 2 is 2.07 bits per heavy atom. The zero-order valence-corrected chi connectivity index (χ0v) is 8.89. The number of hydrogen-bond acceptors (Lipinski definition) is 2. The van der Waals surface area contributed by atoms with Crippen LogP contribution in [0.5, 0.6) is 5.75 Å². The summed E-state index contributed by atoms with van der Waals surface area (Å²) in [6.45, 7) is 1.28. The van der Waals surface area contributed by atoms with E-state index in [4.69, 9.17) is 16.3 Å². The highest BCUT2D eigenvalue weighted by atomic mass is 35.5. The maximum absolute atomic E-state index is 5.73. The van der Waals surface area contributed by atoms with Gasteiger partial charge in [-0.3, -0.25) is 4.68 Å². The molecule has 15 heavy (non-hydrogen) atoms. The van der Waals surface area contributed by atoms with Crippen LogP contribution in [0.3, 0.4) is 0 Å². The Morgan fingerprint density at radius 3 is 2.73 bits per heavy atom. The van der Waals surface area contributed by atoms with Crippen molar-refractivity contribution in [1.82, 2.24) is 9.78 Å². The van der Waals surface area contributed by atoms with Gasteiger partial charge < -0.3 is 4.74 Å². The van der Waals surface area contributed by atoms with E-state index in [0.717, 1.165) is 5.75 Å². The molecule has 1 heterocycles. The molecule has 0 aliphatic rings. The lowest BCUT2D eigenvalue weighted by atomic mass is 10.3. The van der Waals surface area contributed by atoms with Gasteiger partial charge in [0.05, 0.1) is 17.8 Å². The van der Waals surface area contributed by atoms with Crippen LogP contribution in [0.4, 0.5) is 0 Å². The molecule has 2 rings (SSSR count). The van der Waals surface area contributed by atoms with Crippen LogP contribution in [0.1, 0.15) is 0 Å². The van der Waals surface area contributed by atoms with Gasteiger partial charge in [0.1, 0.15) is 12.4 Å². The normalized spacial score (nSPS) is 10.2. The average Bonchev–Trinajstić information content (AvgIpc) is 2.66. The Bertz CT molecular complexity index is 414. The molecular weight excluding hydrogens is 212 g/mol. The number of hydrogen-bond donors (Lipinski definition) is 0. The molecule has 78 valence electrons. The maximum atomic E-state index is 5.73. The minimum atomic E-state index is 0.585. The third-order valence-corrected chi connectivity index (χ3v) is 2.13. The molecule has 3 nitrogen and oxygen atoms in total. The van der Waals surface area contributed by atoms with Gasteiger partial charge in [-0.05, 0) is 12.1 Å². The minimum absolute atomic E-state index is 0.585. The van der Waals surface area contributed by atoms with E-state index in [-0.39, 0.29) is 0 Å². The fraction of sp³-hybridized carbons (Fsp3) is 0.182. The van der Waals surface area contributed by atoms with E-state index >= 15 is 0 Å². The molecule has 2 aromatic rings. The molecule has 0 fully saturated rings. The van der Waals surface area contributed by atoms with Gasteiger partial charge in [0.25, 0.3) is 0 Å². The second kappa shape index (κ2) is 4.84. The molecule has 0 saturated carbocycles. The fourth-order valence-corrected chi connectivity index (χ4v) is 1.39. The van der Waals surface area contributed by atoms with E-state index in [0.29, 0.717) is 18.2 Å². The molecule has 1 aromatic heterocycles. The predicted molar refractivity (Wildman–Crippen MR) is 59.2 cm³/mol. The number of benzene rings is 1. The number of ether oxygens (including phenoxy) is 1. The van der Waals surface area contributed by atoms with Gasteiger partial charge in [-0.1, -0.05) is 29.8 Å². The van der Waals surface area contributed by atoms with E-state index < -0.39 is 0 Å². The maximum Gasteiger partial charge on any atom is 0.119 e. The Hall–Kier alpha value is -1.48. The molecule has 0 amide bonds. The standard InChI is InChI=1S/C11H11ClN2O/c12-10-8-13-14(9-10)6-7-15-11-4-2-1-3-5-11/h1-5,8-9H,6-7H2. The summed E-state index contributed by atoms with van der Waals surface area (Å²) in [5, 5.41) is 4.70. The van der Waals surface area contributed by atoms with Crippen LogP contribution in [0.2, 0.25) is 5.02 Å². The van der Waals surface area contributed by atoms with E-state index in [1.165, 1.54) is 0 Å². The van der Waals surface area contributed by atoms with Crippen molar-refractivity contribution in [3.05, 3.63) is 47.7 Å². The molecule has 0 unspecified atom stereocenters. The van der Waals surface area contributed by atoms with Crippen molar-refractivity contribution in [3.63, 3.8) is 0 Å². The quantitative estimate of drug-likeness (QED) is 0.795. The van der Waals surface area contributed by atoms with E-state index in [1.807, 2.05) is 30.3 Å². The van der Waals surface area contributed by atoms with Crippen LogP contribution in [0.25, 0.3) is 0 Å². The van der Waals surface area contributed by atoms with Crippen LogP contribution < -0.4 is 4.74 Å². The third kappa shape index (κ3) is 2.99. The van der Waals surface area contributed by atoms with Crippen molar-refractivity contribution in [3.8, 4) is 5.75 Å². The van der Waals surface area contributed by atoms with Crippen molar-refractivity contribution in [2.75, 3.05) is 6.61 Å². The molecule has 0 bridgehead atoms. The lowest BCUT2D eigenvalue weighted by molar-refractivity contribution is 0.291. The zero-order chi connectivity index (χ0) is 10.5. The van der Waals surface area contributed by atoms with Gasteiger partial charge in [-0.2, -0.15) is 5.10 Å². The van der Waals surface area contributed by atoms with Crippen LogP contribution >= 0.6 is 11.6 Å². The topological polar surface area (TPSA) is 27.1 Å². The summed E-state index contributed by atoms with van der Waals surface area (Å²) in [6.07, 6.45) is 3.39. The monoisotopic (exact) mass is 222 g/mol. The molecule has 0 N–H and O–H groups in total. The number of halogens is 1. The van der Waals surface area contributed by atoms with Crippen molar-refractivity contribution in [2.24, 2.45) is 0 Å². The summed E-state index contributed by atoms with van der Waals surface area (Å²) in [5.41, 5.74) is 0. The molecule has 0 atom stereocenters. The summed E-state index contributed by atoms with van der Waals surface area (Å²) < 4.78 is 7.27. The first kappa shape index (κ1) is 10.1. The number of rotatable bonds is 4. The van der Waals surface area contributed by atoms with Crippen LogP contribution in [0.15, 0.2) is 42.7 Å². The first-order valence-corrected chi connectivity index (χ1v) is 5.08. The summed E-state index contributed by atoms with van der Waals surface area (Å²) in [7, 11) is 0. The van der Waals surface area contributed by atoms with Gasteiger partial charge in [0.2, 0.25) is 0 Å². The minimum Gasteiger partial charge on any atom is -0.492 e. The number of para-hydroxylation sites is 1. The first-order chi connectivity index (χ1) is 7.34. The van der Waals surface area contributed by atoms with Crippen molar-refractivity contribution in [2.45, 2.75) is 6.54 Å². The van der Waals surface area contributed by atoms with Gasteiger partial charge in [0, 0.05) is 6.20 Å². The van der Waals surface area contributed by atoms with E-state index in [9.17, 15) is 0 Å². The average molecular weight is 223 g/mol. The summed E-state index contributed by atoms with van der Waals surface area (Å²) >= 11 is 5.73. The Kier molecular flexibility index (Phi) is 3.25. The van der Waals surface area contributed by atoms with E-state index in [1.54, 1.807) is 17.1 Å². The van der Waals surface area contributed by atoms with Crippen LogP contribution in [-0.4, -0.2) is 16.4 Å². The Morgan fingerprint density at radius 1 is 1.27 bits per heavy atom. The van der Waals surface area contributed by atoms with Crippen molar-refractivity contribution < 1.29 is 4.74 Å². The van der Waals surface area contributed by atoms with Gasteiger partial charge in [-0.25, -0.2) is 0 Å². The Balaban J connectivity index is 1.80. The molecular formula is C11H11ClN2O. The van der Waals surface area contributed by atoms with Crippen LogP contribution in [-0.2, 0) is 6.54 Å². The Labute approximate surface area is 93.2 Å².